The van der Waals surface area contributed by atoms with Crippen LogP contribution in [0, 0.1) is 5.82 Å². The molecule has 1 aromatic rings. The molecule has 0 saturated carbocycles. The van der Waals surface area contributed by atoms with Crippen LogP contribution in [0.25, 0.3) is 0 Å². The van der Waals surface area contributed by atoms with Gasteiger partial charge in [0.25, 0.3) is 0 Å². The molecule has 1 atom stereocenters. The zero-order valence-corrected chi connectivity index (χ0v) is 10.5. The van der Waals surface area contributed by atoms with Crippen LogP contribution in [0.1, 0.15) is 11.5 Å². The molecule has 0 heterocycles. The molecule has 4 nitrogen and oxygen atoms in total. The van der Waals surface area contributed by atoms with Crippen molar-refractivity contribution in [2.45, 2.75) is 12.2 Å². The Kier molecular flexibility index (Phi) is 5.52. The predicted molar refractivity (Wildman–Crippen MR) is 63.2 cm³/mol. The minimum atomic E-state index is -0.716. The summed E-state index contributed by atoms with van der Waals surface area (Å²) in [6, 6.07) is 5.67. The van der Waals surface area contributed by atoms with E-state index in [9.17, 15) is 9.18 Å². The van der Waals surface area contributed by atoms with Crippen LogP contribution in [0.4, 0.5) is 4.39 Å². The molecule has 98 valence electrons. The molecule has 1 unspecified atom stereocenters. The average molecular weight is 254 g/mol. The van der Waals surface area contributed by atoms with E-state index < -0.39 is 12.2 Å². The molecule has 0 radical (unpaired) electrons. The first-order valence-electron chi connectivity index (χ1n) is 5.28. The zero-order chi connectivity index (χ0) is 13.5. The number of halogens is 1. The maximum atomic E-state index is 12.9. The summed E-state index contributed by atoms with van der Waals surface area (Å²) < 4.78 is 28.1. The van der Waals surface area contributed by atoms with Crippen molar-refractivity contribution in [1.29, 1.82) is 0 Å². The van der Waals surface area contributed by atoms with Crippen molar-refractivity contribution in [1.82, 2.24) is 0 Å². The van der Waals surface area contributed by atoms with Crippen molar-refractivity contribution in [3.05, 3.63) is 41.4 Å². The van der Waals surface area contributed by atoms with Gasteiger partial charge in [-0.25, -0.2) is 9.18 Å². The third-order valence-corrected chi connectivity index (χ3v) is 2.57. The van der Waals surface area contributed by atoms with Crippen LogP contribution in [0.2, 0.25) is 0 Å². The molecule has 1 rings (SSSR count). The fourth-order valence-corrected chi connectivity index (χ4v) is 1.70. The molecule has 0 spiro atoms. The quantitative estimate of drug-likeness (QED) is 0.442. The lowest BCUT2D eigenvalue weighted by Crippen LogP contribution is -2.25. The highest BCUT2D eigenvalue weighted by Crippen LogP contribution is 2.29. The van der Waals surface area contributed by atoms with Crippen LogP contribution in [0.15, 0.2) is 30.0 Å². The molecule has 0 saturated heterocycles. The second-order valence-electron chi connectivity index (χ2n) is 3.54. The second-order valence-corrected chi connectivity index (χ2v) is 3.54. The van der Waals surface area contributed by atoms with Crippen LogP contribution in [-0.4, -0.2) is 33.6 Å². The molecular weight excluding hydrogens is 239 g/mol. The Morgan fingerprint density at radius 3 is 2.11 bits per heavy atom. The third kappa shape index (κ3) is 3.17. The lowest BCUT2D eigenvalue weighted by atomic mass is 9.96. The summed E-state index contributed by atoms with van der Waals surface area (Å²) in [5.74, 6) is 0.785. The number of hydrogen-bond acceptors (Lipinski definition) is 4. The van der Waals surface area contributed by atoms with Gasteiger partial charge in [-0.05, 0) is 17.7 Å². The molecule has 1 aromatic carbocycles. The van der Waals surface area contributed by atoms with E-state index >= 15 is 0 Å². The van der Waals surface area contributed by atoms with E-state index in [-0.39, 0.29) is 11.6 Å². The molecule has 0 aliphatic carbocycles. The Hall–Kier alpha value is -1.68. The molecule has 0 aliphatic rings. The van der Waals surface area contributed by atoms with E-state index in [1.54, 1.807) is 18.1 Å². The first-order valence-corrected chi connectivity index (χ1v) is 5.28. The molecule has 0 fully saturated rings. The van der Waals surface area contributed by atoms with E-state index in [1.807, 2.05) is 0 Å². The molecule has 0 aromatic heterocycles. The minimum Gasteiger partial charge on any atom is -0.489 e. The summed E-state index contributed by atoms with van der Waals surface area (Å²) >= 11 is 0. The Labute approximate surface area is 105 Å². The van der Waals surface area contributed by atoms with E-state index in [0.717, 1.165) is 0 Å². The molecule has 0 N–H and O–H groups in total. The van der Waals surface area contributed by atoms with Crippen molar-refractivity contribution in [3.63, 3.8) is 0 Å². The third-order valence-electron chi connectivity index (χ3n) is 2.57. The van der Waals surface area contributed by atoms with Crippen molar-refractivity contribution in [2.75, 3.05) is 21.3 Å². The topological polar surface area (TPSA) is 44.8 Å². The van der Waals surface area contributed by atoms with Gasteiger partial charge >= 0.3 is 0 Å². The number of ether oxygens (including phenoxy) is 3. The van der Waals surface area contributed by atoms with Crippen LogP contribution in [-0.2, 0) is 19.0 Å². The molecule has 5 heteroatoms. The normalized spacial score (nSPS) is 12.1. The smallest absolute Gasteiger partial charge is 0.191 e. The highest BCUT2D eigenvalue weighted by atomic mass is 19.1. The Morgan fingerprint density at radius 2 is 1.72 bits per heavy atom. The number of benzene rings is 1. The van der Waals surface area contributed by atoms with Gasteiger partial charge in [0.2, 0.25) is 0 Å². The molecule has 0 bridgehead atoms. The summed E-state index contributed by atoms with van der Waals surface area (Å²) in [5.41, 5.74) is 0.644. The van der Waals surface area contributed by atoms with Gasteiger partial charge in [-0.2, -0.15) is 0 Å². The molecular formula is C13H15FO4. The first kappa shape index (κ1) is 14.4. The zero-order valence-electron chi connectivity index (χ0n) is 10.5. The van der Waals surface area contributed by atoms with Gasteiger partial charge in [0.1, 0.15) is 11.7 Å². The standard InChI is InChI=1S/C13H15FO4/c1-16-11(8-15)12(13(17-2)18-3)9-4-6-10(14)7-5-9/h4-7,12-13H,1-3H3. The van der Waals surface area contributed by atoms with Crippen molar-refractivity contribution in [3.8, 4) is 0 Å². The largest absolute Gasteiger partial charge is 0.489 e. The second kappa shape index (κ2) is 6.91. The summed E-state index contributed by atoms with van der Waals surface area (Å²) in [6.07, 6.45) is -0.716. The average Bonchev–Trinajstić information content (AvgIpc) is 2.40. The van der Waals surface area contributed by atoms with Gasteiger partial charge in [0, 0.05) is 14.2 Å². The number of rotatable bonds is 6. The Bertz CT molecular complexity index is 419. The summed E-state index contributed by atoms with van der Waals surface area (Å²) in [5, 5.41) is 0. The van der Waals surface area contributed by atoms with Gasteiger partial charge in [0.15, 0.2) is 18.0 Å². The van der Waals surface area contributed by atoms with E-state index in [4.69, 9.17) is 14.2 Å². The maximum absolute atomic E-state index is 12.9. The highest BCUT2D eigenvalue weighted by Gasteiger charge is 2.29. The molecule has 18 heavy (non-hydrogen) atoms. The number of hydrogen-bond donors (Lipinski definition) is 0. The van der Waals surface area contributed by atoms with Gasteiger partial charge in [0.05, 0.1) is 7.11 Å². The molecule has 0 aliphatic heterocycles. The summed E-state index contributed by atoms with van der Waals surface area (Å²) in [6.45, 7) is 0. The highest BCUT2D eigenvalue weighted by molar-refractivity contribution is 5.53. The number of carbonyl (C=O) groups excluding carboxylic acids is 1. The van der Waals surface area contributed by atoms with Gasteiger partial charge < -0.3 is 14.2 Å². The van der Waals surface area contributed by atoms with Crippen molar-refractivity contribution >= 4 is 5.94 Å². The van der Waals surface area contributed by atoms with Gasteiger partial charge in [-0.3, -0.25) is 0 Å². The van der Waals surface area contributed by atoms with Gasteiger partial charge in [-0.15, -0.1) is 0 Å². The number of methoxy groups -OCH3 is 3. The van der Waals surface area contributed by atoms with E-state index in [0.29, 0.717) is 5.56 Å². The van der Waals surface area contributed by atoms with E-state index in [1.165, 1.54) is 33.5 Å². The first-order chi connectivity index (χ1) is 8.67. The monoisotopic (exact) mass is 254 g/mol. The van der Waals surface area contributed by atoms with Crippen LogP contribution in [0.5, 0.6) is 0 Å². The van der Waals surface area contributed by atoms with Crippen LogP contribution >= 0.6 is 0 Å². The van der Waals surface area contributed by atoms with Crippen molar-refractivity contribution in [2.24, 2.45) is 0 Å². The van der Waals surface area contributed by atoms with Crippen LogP contribution in [0.3, 0.4) is 0 Å². The molecule has 0 amide bonds. The fraction of sp³-hybridized carbons (Fsp3) is 0.385. The van der Waals surface area contributed by atoms with E-state index in [2.05, 4.69) is 0 Å². The fourth-order valence-electron chi connectivity index (χ4n) is 1.70. The maximum Gasteiger partial charge on any atom is 0.191 e. The summed E-state index contributed by atoms with van der Waals surface area (Å²) in [4.78, 5) is 10.9. The minimum absolute atomic E-state index is 0.0373. The lowest BCUT2D eigenvalue weighted by molar-refractivity contribution is -0.117. The predicted octanol–water partition coefficient (Wildman–Crippen LogP) is 1.89. The van der Waals surface area contributed by atoms with Crippen molar-refractivity contribution < 1.29 is 23.4 Å². The SMILES string of the molecule is COC(=C=O)C(c1ccc(F)cc1)C(OC)OC. The van der Waals surface area contributed by atoms with Crippen LogP contribution < -0.4 is 0 Å². The Balaban J connectivity index is 3.19. The summed E-state index contributed by atoms with van der Waals surface area (Å²) in [7, 11) is 4.25. The Morgan fingerprint density at radius 1 is 1.17 bits per heavy atom. The lowest BCUT2D eigenvalue weighted by Gasteiger charge is -2.24. The van der Waals surface area contributed by atoms with Gasteiger partial charge in [-0.1, -0.05) is 12.1 Å².